The fourth-order valence-electron chi connectivity index (χ4n) is 2.22. The van der Waals surface area contributed by atoms with Crippen LogP contribution in [0.15, 0.2) is 24.3 Å². The Kier molecular flexibility index (Phi) is 7.05. The molecule has 1 radical (unpaired) electrons. The lowest BCUT2D eigenvalue weighted by molar-refractivity contribution is -0.114. The fraction of sp³-hybridized carbons (Fsp3) is 0.529. The highest BCUT2D eigenvalue weighted by molar-refractivity contribution is 5.71. The summed E-state index contributed by atoms with van der Waals surface area (Å²) in [7, 11) is 3.43. The normalized spacial score (nSPS) is 12.8. The first-order valence-corrected chi connectivity index (χ1v) is 7.26. The van der Waals surface area contributed by atoms with E-state index in [0.29, 0.717) is 13.2 Å². The molecule has 0 spiro atoms. The third-order valence-electron chi connectivity index (χ3n) is 3.57. The van der Waals surface area contributed by atoms with Gasteiger partial charge in [-0.1, -0.05) is 19.9 Å². The van der Waals surface area contributed by atoms with E-state index in [-0.39, 0.29) is 0 Å². The van der Waals surface area contributed by atoms with Crippen LogP contribution in [0, 0.1) is 5.41 Å². The molecular formula is C17H24NO4. The average molecular weight is 306 g/mol. The SMILES string of the molecule is COc1cccc(OCCCN(C)C(C=O)C(C)(C)[C]=O)c1. The van der Waals surface area contributed by atoms with Crippen LogP contribution in [-0.2, 0) is 9.59 Å². The molecule has 0 aliphatic rings. The zero-order valence-electron chi connectivity index (χ0n) is 13.7. The second-order valence-electron chi connectivity index (χ2n) is 5.77. The Labute approximate surface area is 132 Å². The summed E-state index contributed by atoms with van der Waals surface area (Å²) in [4.78, 5) is 24.0. The van der Waals surface area contributed by atoms with Crippen LogP contribution < -0.4 is 9.47 Å². The number of carbonyl (C=O) groups is 1. The molecule has 0 heterocycles. The minimum absolute atomic E-state index is 0.484. The van der Waals surface area contributed by atoms with Gasteiger partial charge in [-0.3, -0.25) is 9.69 Å². The molecule has 5 nitrogen and oxygen atoms in total. The van der Waals surface area contributed by atoms with E-state index in [2.05, 4.69) is 0 Å². The van der Waals surface area contributed by atoms with Crippen LogP contribution in [0.5, 0.6) is 11.5 Å². The standard InChI is InChI=1S/C17H24NO4/c1-17(2,13-20)16(12-19)18(3)9-6-10-22-15-8-5-7-14(11-15)21-4/h5,7-8,11-12,16H,6,9-10H2,1-4H3. The van der Waals surface area contributed by atoms with Crippen LogP contribution in [-0.4, -0.2) is 50.8 Å². The second kappa shape index (κ2) is 8.54. The lowest BCUT2D eigenvalue weighted by Gasteiger charge is -2.32. The van der Waals surface area contributed by atoms with E-state index in [1.807, 2.05) is 42.5 Å². The number of aldehydes is 1. The molecule has 0 saturated carbocycles. The lowest BCUT2D eigenvalue weighted by Crippen LogP contribution is -2.45. The van der Waals surface area contributed by atoms with Crippen LogP contribution in [0.1, 0.15) is 20.3 Å². The third kappa shape index (κ3) is 5.15. The van der Waals surface area contributed by atoms with E-state index in [1.54, 1.807) is 21.0 Å². The Hall–Kier alpha value is -1.88. The van der Waals surface area contributed by atoms with Crippen molar-refractivity contribution < 1.29 is 19.1 Å². The zero-order valence-corrected chi connectivity index (χ0v) is 13.7. The van der Waals surface area contributed by atoms with Gasteiger partial charge in [0.2, 0.25) is 6.29 Å². The summed E-state index contributed by atoms with van der Waals surface area (Å²) in [5.41, 5.74) is -0.815. The number of nitrogens with zero attached hydrogens (tertiary/aromatic N) is 1. The minimum Gasteiger partial charge on any atom is -0.497 e. The summed E-state index contributed by atoms with van der Waals surface area (Å²) in [6.45, 7) is 4.59. The zero-order chi connectivity index (χ0) is 16.6. The van der Waals surface area contributed by atoms with Gasteiger partial charge in [0.25, 0.3) is 0 Å². The number of benzene rings is 1. The molecule has 0 aliphatic heterocycles. The second-order valence-corrected chi connectivity index (χ2v) is 5.77. The molecule has 1 rings (SSSR count). The van der Waals surface area contributed by atoms with E-state index in [1.165, 1.54) is 0 Å². The number of carbonyl (C=O) groups excluding carboxylic acids is 2. The topological polar surface area (TPSA) is 55.8 Å². The fourth-order valence-corrected chi connectivity index (χ4v) is 2.22. The van der Waals surface area contributed by atoms with Crippen molar-refractivity contribution in [3.63, 3.8) is 0 Å². The molecule has 0 amide bonds. The van der Waals surface area contributed by atoms with Crippen molar-refractivity contribution >= 4 is 12.6 Å². The van der Waals surface area contributed by atoms with Gasteiger partial charge in [-0.25, -0.2) is 0 Å². The van der Waals surface area contributed by atoms with Gasteiger partial charge in [-0.2, -0.15) is 0 Å². The van der Waals surface area contributed by atoms with Gasteiger partial charge in [-0.05, 0) is 25.6 Å². The van der Waals surface area contributed by atoms with E-state index < -0.39 is 11.5 Å². The van der Waals surface area contributed by atoms with Crippen molar-refractivity contribution in [2.45, 2.75) is 26.3 Å². The smallest absolute Gasteiger partial charge is 0.206 e. The number of hydrogen-bond acceptors (Lipinski definition) is 5. The first-order valence-electron chi connectivity index (χ1n) is 7.26. The molecule has 5 heteroatoms. The van der Waals surface area contributed by atoms with Gasteiger partial charge >= 0.3 is 0 Å². The van der Waals surface area contributed by atoms with Gasteiger partial charge in [-0.15, -0.1) is 0 Å². The molecule has 0 fully saturated rings. The Morgan fingerprint density at radius 3 is 2.64 bits per heavy atom. The number of rotatable bonds is 10. The van der Waals surface area contributed by atoms with Gasteiger partial charge in [0.05, 0.1) is 25.2 Å². The Morgan fingerprint density at radius 2 is 2.05 bits per heavy atom. The highest BCUT2D eigenvalue weighted by Crippen LogP contribution is 2.21. The van der Waals surface area contributed by atoms with Crippen LogP contribution in [0.3, 0.4) is 0 Å². The van der Waals surface area contributed by atoms with E-state index >= 15 is 0 Å². The van der Waals surface area contributed by atoms with Crippen molar-refractivity contribution in [1.29, 1.82) is 0 Å². The highest BCUT2D eigenvalue weighted by atomic mass is 16.5. The van der Waals surface area contributed by atoms with Crippen LogP contribution >= 0.6 is 0 Å². The molecule has 1 atom stereocenters. The number of ether oxygens (including phenoxy) is 2. The van der Waals surface area contributed by atoms with Gasteiger partial charge in [0.1, 0.15) is 17.8 Å². The molecule has 0 bridgehead atoms. The number of likely N-dealkylation sites (N-methyl/N-ethyl adjacent to an activating group) is 1. The molecular weight excluding hydrogens is 282 g/mol. The average Bonchev–Trinajstić information content (AvgIpc) is 2.52. The van der Waals surface area contributed by atoms with Gasteiger partial charge < -0.3 is 14.3 Å². The Bertz CT molecular complexity index is 487. The van der Waals surface area contributed by atoms with E-state index in [0.717, 1.165) is 24.2 Å². The molecule has 0 N–H and O–H groups in total. The largest absolute Gasteiger partial charge is 0.497 e. The van der Waals surface area contributed by atoms with Crippen molar-refractivity contribution in [2.24, 2.45) is 5.41 Å². The predicted molar refractivity (Wildman–Crippen MR) is 85.1 cm³/mol. The maximum absolute atomic E-state index is 11.2. The van der Waals surface area contributed by atoms with Crippen molar-refractivity contribution in [3.05, 3.63) is 24.3 Å². The van der Waals surface area contributed by atoms with Crippen molar-refractivity contribution in [3.8, 4) is 11.5 Å². The highest BCUT2D eigenvalue weighted by Gasteiger charge is 2.32. The summed E-state index contributed by atoms with van der Waals surface area (Å²) in [6.07, 6.45) is 3.48. The summed E-state index contributed by atoms with van der Waals surface area (Å²) in [5, 5.41) is 0. The first kappa shape index (κ1) is 18.2. The van der Waals surface area contributed by atoms with Crippen molar-refractivity contribution in [1.82, 2.24) is 4.90 Å². The van der Waals surface area contributed by atoms with Crippen LogP contribution in [0.2, 0.25) is 0 Å². The molecule has 1 aromatic rings. The first-order chi connectivity index (χ1) is 10.4. The third-order valence-corrected chi connectivity index (χ3v) is 3.57. The van der Waals surface area contributed by atoms with Crippen LogP contribution in [0.4, 0.5) is 0 Å². The van der Waals surface area contributed by atoms with E-state index in [4.69, 9.17) is 9.47 Å². The predicted octanol–water partition coefficient (Wildman–Crippen LogP) is 2.10. The molecule has 0 aliphatic carbocycles. The summed E-state index contributed by atoms with van der Waals surface area (Å²) >= 11 is 0. The summed E-state index contributed by atoms with van der Waals surface area (Å²) in [6, 6.07) is 6.92. The molecule has 121 valence electrons. The van der Waals surface area contributed by atoms with Gasteiger partial charge in [0, 0.05) is 12.6 Å². The van der Waals surface area contributed by atoms with Gasteiger partial charge in [0.15, 0.2) is 0 Å². The number of hydrogen-bond donors (Lipinski definition) is 0. The molecule has 0 saturated heterocycles. The number of methoxy groups -OCH3 is 1. The van der Waals surface area contributed by atoms with E-state index in [9.17, 15) is 9.59 Å². The quantitative estimate of drug-likeness (QED) is 0.489. The maximum atomic E-state index is 11.2. The summed E-state index contributed by atoms with van der Waals surface area (Å²) < 4.78 is 10.8. The van der Waals surface area contributed by atoms with Crippen molar-refractivity contribution in [2.75, 3.05) is 27.3 Å². The Balaban J connectivity index is 2.42. The molecule has 22 heavy (non-hydrogen) atoms. The molecule has 0 aromatic heterocycles. The van der Waals surface area contributed by atoms with Crippen LogP contribution in [0.25, 0.3) is 0 Å². The Morgan fingerprint density at radius 1 is 1.36 bits per heavy atom. The summed E-state index contributed by atoms with van der Waals surface area (Å²) in [5.74, 6) is 1.49. The molecule has 1 unspecified atom stereocenters. The lowest BCUT2D eigenvalue weighted by atomic mass is 9.86. The monoisotopic (exact) mass is 306 g/mol. The molecule has 1 aromatic carbocycles. The minimum atomic E-state index is -0.815. The maximum Gasteiger partial charge on any atom is 0.206 e.